The van der Waals surface area contributed by atoms with Crippen LogP contribution in [0.15, 0.2) is 20.4 Å². The molecule has 102 valence electrons. The second-order valence-electron chi connectivity index (χ2n) is 4.04. The van der Waals surface area contributed by atoms with E-state index in [-0.39, 0.29) is 11.8 Å². The molecular formula is C10H22N8. The van der Waals surface area contributed by atoms with Crippen molar-refractivity contribution in [2.75, 3.05) is 0 Å². The molecule has 0 saturated heterocycles. The van der Waals surface area contributed by atoms with E-state index in [2.05, 4.69) is 20.4 Å². The molecule has 0 heterocycles. The lowest BCUT2D eigenvalue weighted by molar-refractivity contribution is 0.628. The lowest BCUT2D eigenvalue weighted by atomic mass is 9.89. The summed E-state index contributed by atoms with van der Waals surface area (Å²) >= 11 is 0. The zero-order chi connectivity index (χ0) is 14.0. The van der Waals surface area contributed by atoms with Crippen molar-refractivity contribution >= 4 is 23.9 Å². The van der Waals surface area contributed by atoms with Crippen molar-refractivity contribution in [2.45, 2.75) is 26.7 Å². The maximum atomic E-state index is 5.26. The molecule has 0 bridgehead atoms. The minimum Gasteiger partial charge on any atom is -0.324 e. The molecule has 0 aliphatic rings. The van der Waals surface area contributed by atoms with Gasteiger partial charge in [0.25, 0.3) is 0 Å². The van der Waals surface area contributed by atoms with E-state index in [0.29, 0.717) is 12.8 Å². The fraction of sp³-hybridized carbons (Fsp3) is 0.600. The first kappa shape index (κ1) is 15.9. The fourth-order valence-electron chi connectivity index (χ4n) is 1.62. The molecule has 8 nitrogen and oxygen atoms in total. The summed E-state index contributed by atoms with van der Waals surface area (Å²) in [6, 6.07) is 0. The van der Waals surface area contributed by atoms with Gasteiger partial charge in [-0.2, -0.15) is 20.4 Å². The summed E-state index contributed by atoms with van der Waals surface area (Å²) < 4.78 is 0. The Labute approximate surface area is 107 Å². The fourth-order valence-corrected chi connectivity index (χ4v) is 1.62. The first-order valence-electron chi connectivity index (χ1n) is 5.53. The van der Waals surface area contributed by atoms with E-state index in [4.69, 9.17) is 23.4 Å². The van der Waals surface area contributed by atoms with Gasteiger partial charge in [-0.15, -0.1) is 0 Å². The Balaban J connectivity index is 4.81. The third-order valence-corrected chi connectivity index (χ3v) is 2.64. The third kappa shape index (κ3) is 5.83. The summed E-state index contributed by atoms with van der Waals surface area (Å²) in [4.78, 5) is 0. The molecule has 0 saturated carbocycles. The van der Waals surface area contributed by atoms with Crippen molar-refractivity contribution < 1.29 is 0 Å². The monoisotopic (exact) mass is 254 g/mol. The minimum absolute atomic E-state index is 0.0615. The average molecular weight is 254 g/mol. The smallest absolute Gasteiger partial charge is 0.0430 e. The lowest BCUT2D eigenvalue weighted by Crippen LogP contribution is -2.22. The summed E-state index contributed by atoms with van der Waals surface area (Å²) in [5.74, 6) is 20.8. The summed E-state index contributed by atoms with van der Waals surface area (Å²) in [5, 5.41) is 14.4. The predicted molar refractivity (Wildman–Crippen MR) is 76.2 cm³/mol. The van der Waals surface area contributed by atoms with E-state index in [1.807, 2.05) is 13.8 Å². The Hall–Kier alpha value is -2.12. The van der Waals surface area contributed by atoms with Crippen LogP contribution in [0.3, 0.4) is 0 Å². The third-order valence-electron chi connectivity index (χ3n) is 2.64. The van der Waals surface area contributed by atoms with Crippen LogP contribution >= 0.6 is 0 Å². The van der Waals surface area contributed by atoms with Gasteiger partial charge >= 0.3 is 0 Å². The first-order valence-corrected chi connectivity index (χ1v) is 5.53. The van der Waals surface area contributed by atoms with Gasteiger partial charge in [0.1, 0.15) is 0 Å². The van der Waals surface area contributed by atoms with E-state index in [9.17, 15) is 0 Å². The van der Waals surface area contributed by atoms with Gasteiger partial charge in [0.05, 0.1) is 0 Å². The second kappa shape index (κ2) is 8.97. The number of hydrogen-bond acceptors (Lipinski definition) is 8. The van der Waals surface area contributed by atoms with E-state index in [0.717, 1.165) is 11.4 Å². The molecule has 0 spiro atoms. The van der Waals surface area contributed by atoms with Crippen LogP contribution in [-0.4, -0.2) is 23.9 Å². The summed E-state index contributed by atoms with van der Waals surface area (Å²) in [5.41, 5.74) is 1.55. The van der Waals surface area contributed by atoms with E-state index >= 15 is 0 Å². The highest BCUT2D eigenvalue weighted by Gasteiger charge is 2.17. The standard InChI is InChI=1S/C10H22N8/c1-7(17-13)3-9(5-15-11)4-10(6-16-12)8(2)18-14/h5-6,9-10H,3-4,11-14H2,1-2H3/b15-5+,16-6+,17-7+,18-8-. The average Bonchev–Trinajstić information content (AvgIpc) is 2.37. The minimum atomic E-state index is -0.0615. The molecule has 0 aromatic rings. The number of rotatable bonds is 7. The Morgan fingerprint density at radius 2 is 1.61 bits per heavy atom. The van der Waals surface area contributed by atoms with Crippen LogP contribution in [0, 0.1) is 11.8 Å². The predicted octanol–water partition coefficient (Wildman–Crippen LogP) is -0.443. The second-order valence-corrected chi connectivity index (χ2v) is 4.04. The van der Waals surface area contributed by atoms with Gasteiger partial charge in [-0.3, -0.25) is 0 Å². The summed E-state index contributed by atoms with van der Waals surface area (Å²) in [7, 11) is 0. The SMILES string of the molecule is C/C(=N/N)C(/C=N/N)CC(/C=N/N)C/C(C)=N/N. The first-order chi connectivity index (χ1) is 8.58. The topological polar surface area (TPSA) is 154 Å². The summed E-state index contributed by atoms with van der Waals surface area (Å²) in [6.45, 7) is 3.65. The van der Waals surface area contributed by atoms with Gasteiger partial charge in [0.15, 0.2) is 0 Å². The number of hydrazone groups is 4. The van der Waals surface area contributed by atoms with E-state index in [1.165, 1.54) is 0 Å². The van der Waals surface area contributed by atoms with Gasteiger partial charge in [0.2, 0.25) is 0 Å². The number of nitrogens with zero attached hydrogens (tertiary/aromatic N) is 4. The Morgan fingerprint density at radius 1 is 1.00 bits per heavy atom. The van der Waals surface area contributed by atoms with Crippen LogP contribution in [0.25, 0.3) is 0 Å². The normalized spacial score (nSPS) is 17.4. The van der Waals surface area contributed by atoms with Crippen LogP contribution < -0.4 is 23.4 Å². The molecule has 0 aromatic carbocycles. The van der Waals surface area contributed by atoms with Crippen molar-refractivity contribution in [1.29, 1.82) is 0 Å². The zero-order valence-electron chi connectivity index (χ0n) is 10.8. The van der Waals surface area contributed by atoms with E-state index in [1.54, 1.807) is 12.4 Å². The van der Waals surface area contributed by atoms with E-state index < -0.39 is 0 Å². The molecule has 8 N–H and O–H groups in total. The van der Waals surface area contributed by atoms with Crippen molar-refractivity contribution in [3.8, 4) is 0 Å². The van der Waals surface area contributed by atoms with Crippen LogP contribution in [-0.2, 0) is 0 Å². The highest BCUT2D eigenvalue weighted by molar-refractivity contribution is 5.97. The molecule has 0 aliphatic carbocycles. The van der Waals surface area contributed by atoms with Crippen molar-refractivity contribution in [2.24, 2.45) is 55.6 Å². The van der Waals surface area contributed by atoms with Gasteiger partial charge < -0.3 is 23.4 Å². The van der Waals surface area contributed by atoms with Crippen molar-refractivity contribution in [3.63, 3.8) is 0 Å². The van der Waals surface area contributed by atoms with Crippen LogP contribution in [0.4, 0.5) is 0 Å². The Kier molecular flexibility index (Phi) is 7.91. The summed E-state index contributed by atoms with van der Waals surface area (Å²) in [6.07, 6.45) is 4.58. The van der Waals surface area contributed by atoms with Crippen LogP contribution in [0.5, 0.6) is 0 Å². The van der Waals surface area contributed by atoms with Crippen LogP contribution in [0.2, 0.25) is 0 Å². The quantitative estimate of drug-likeness (QED) is 0.276. The highest BCUT2D eigenvalue weighted by atomic mass is 15.1. The lowest BCUT2D eigenvalue weighted by Gasteiger charge is -2.16. The van der Waals surface area contributed by atoms with Gasteiger partial charge in [-0.1, -0.05) is 0 Å². The molecule has 2 unspecified atom stereocenters. The van der Waals surface area contributed by atoms with Gasteiger partial charge in [-0.05, 0) is 26.7 Å². The molecule has 0 aromatic heterocycles. The molecule has 0 radical (unpaired) electrons. The highest BCUT2D eigenvalue weighted by Crippen LogP contribution is 2.15. The number of nitrogens with two attached hydrogens (primary N) is 4. The molecule has 0 rings (SSSR count). The molecule has 0 fully saturated rings. The van der Waals surface area contributed by atoms with Crippen molar-refractivity contribution in [3.05, 3.63) is 0 Å². The molecule has 8 heteroatoms. The maximum absolute atomic E-state index is 5.26. The van der Waals surface area contributed by atoms with Gasteiger partial charge in [0, 0.05) is 35.7 Å². The molecular weight excluding hydrogens is 232 g/mol. The molecule has 0 amide bonds. The molecule has 0 aliphatic heterocycles. The molecule has 2 atom stereocenters. The Morgan fingerprint density at radius 3 is 2.06 bits per heavy atom. The number of hydrogen-bond donors (Lipinski definition) is 4. The van der Waals surface area contributed by atoms with Crippen molar-refractivity contribution in [1.82, 2.24) is 0 Å². The van der Waals surface area contributed by atoms with Crippen LogP contribution in [0.1, 0.15) is 26.7 Å². The Bertz CT molecular complexity index is 344. The maximum Gasteiger partial charge on any atom is 0.0430 e. The largest absolute Gasteiger partial charge is 0.324 e. The molecule has 18 heavy (non-hydrogen) atoms. The zero-order valence-corrected chi connectivity index (χ0v) is 10.8. The van der Waals surface area contributed by atoms with Gasteiger partial charge in [-0.25, -0.2) is 0 Å².